The lowest BCUT2D eigenvalue weighted by molar-refractivity contribution is -0.119. The van der Waals surface area contributed by atoms with Gasteiger partial charge in [-0.2, -0.15) is 5.10 Å². The van der Waals surface area contributed by atoms with Crippen LogP contribution in [0.25, 0.3) is 0 Å². The molecule has 3 aromatic rings. The number of aromatic amines is 2. The third-order valence-electron chi connectivity index (χ3n) is 4.31. The molecule has 11 heteroatoms. The van der Waals surface area contributed by atoms with Crippen molar-refractivity contribution in [2.75, 3.05) is 18.5 Å². The van der Waals surface area contributed by atoms with E-state index in [9.17, 15) is 14.4 Å². The molecular weight excluding hydrogens is 428 g/mol. The van der Waals surface area contributed by atoms with E-state index in [1.807, 2.05) is 43.1 Å². The van der Waals surface area contributed by atoms with Crippen LogP contribution in [-0.2, 0) is 11.4 Å². The summed E-state index contributed by atoms with van der Waals surface area (Å²) in [6, 6.07) is 13.4. The van der Waals surface area contributed by atoms with E-state index in [1.165, 1.54) is 11.8 Å². The minimum Gasteiger partial charge on any atom is -0.490 e. The molecule has 0 atom stereocenters. The molecule has 0 unspecified atom stereocenters. The number of ether oxygens (including phenoxy) is 2. The Morgan fingerprint density at radius 2 is 1.91 bits per heavy atom. The van der Waals surface area contributed by atoms with Gasteiger partial charge in [0.2, 0.25) is 5.82 Å². The quantitative estimate of drug-likeness (QED) is 0.267. The van der Waals surface area contributed by atoms with Crippen molar-refractivity contribution in [1.29, 1.82) is 0 Å². The first-order chi connectivity index (χ1) is 15.9. The SMILES string of the molecule is CCOc1cc(C=NNC(=O)CNc2n[nH]c(=O)[nH]c2=O)ccc1OCc1ccc(C)cc1. The molecule has 0 saturated heterocycles. The summed E-state index contributed by atoms with van der Waals surface area (Å²) >= 11 is 0. The maximum atomic E-state index is 11.9. The normalized spacial score (nSPS) is 10.7. The van der Waals surface area contributed by atoms with E-state index in [4.69, 9.17) is 9.47 Å². The van der Waals surface area contributed by atoms with Gasteiger partial charge in [0, 0.05) is 0 Å². The van der Waals surface area contributed by atoms with Gasteiger partial charge in [-0.25, -0.2) is 15.3 Å². The van der Waals surface area contributed by atoms with Crippen molar-refractivity contribution in [2.45, 2.75) is 20.5 Å². The standard InChI is InChI=1S/C22H24N6O5/c1-3-32-18-10-16(8-9-17(18)33-13-15-6-4-14(2)5-7-15)11-24-26-19(29)12-23-20-21(30)25-22(31)28-27-20/h4-11H,3,12-13H2,1-2H3,(H,23,27)(H,26,29)(H2,25,28,30,31). The molecule has 2 aromatic carbocycles. The third kappa shape index (κ3) is 7.06. The average molecular weight is 452 g/mol. The lowest BCUT2D eigenvalue weighted by Crippen LogP contribution is -2.31. The molecule has 0 aliphatic heterocycles. The Morgan fingerprint density at radius 3 is 2.64 bits per heavy atom. The minimum absolute atomic E-state index is 0.184. The van der Waals surface area contributed by atoms with Crippen LogP contribution in [0.3, 0.4) is 0 Å². The van der Waals surface area contributed by atoms with Gasteiger partial charge in [0.1, 0.15) is 6.61 Å². The zero-order valence-corrected chi connectivity index (χ0v) is 18.2. The lowest BCUT2D eigenvalue weighted by Gasteiger charge is -2.12. The summed E-state index contributed by atoms with van der Waals surface area (Å²) in [5.41, 5.74) is 3.78. The minimum atomic E-state index is -0.738. The van der Waals surface area contributed by atoms with Crippen molar-refractivity contribution in [3.05, 3.63) is 80.0 Å². The molecule has 3 rings (SSSR count). The van der Waals surface area contributed by atoms with Crippen molar-refractivity contribution in [2.24, 2.45) is 5.10 Å². The highest BCUT2D eigenvalue weighted by molar-refractivity contribution is 5.84. The Morgan fingerprint density at radius 1 is 1.12 bits per heavy atom. The number of carbonyl (C=O) groups excluding carboxylic acids is 1. The summed E-state index contributed by atoms with van der Waals surface area (Å²) in [5, 5.41) is 12.0. The molecule has 1 aromatic heterocycles. The third-order valence-corrected chi connectivity index (χ3v) is 4.31. The number of amides is 1. The number of nitrogens with one attached hydrogen (secondary N) is 4. The van der Waals surface area contributed by atoms with Crippen LogP contribution >= 0.6 is 0 Å². The van der Waals surface area contributed by atoms with Crippen LogP contribution < -0.4 is 31.5 Å². The number of H-pyrrole nitrogens is 2. The smallest absolute Gasteiger partial charge is 0.342 e. The summed E-state index contributed by atoms with van der Waals surface area (Å²) in [6.07, 6.45) is 1.45. The van der Waals surface area contributed by atoms with E-state index in [2.05, 4.69) is 26.0 Å². The van der Waals surface area contributed by atoms with Crippen molar-refractivity contribution in [3.8, 4) is 11.5 Å². The molecule has 1 heterocycles. The average Bonchev–Trinajstić information content (AvgIpc) is 2.79. The van der Waals surface area contributed by atoms with Crippen LogP contribution in [0.15, 0.2) is 57.2 Å². The second kappa shape index (κ2) is 11.3. The van der Waals surface area contributed by atoms with Crippen molar-refractivity contribution in [1.82, 2.24) is 20.6 Å². The molecule has 33 heavy (non-hydrogen) atoms. The van der Waals surface area contributed by atoms with Crippen LogP contribution in [-0.4, -0.2) is 40.5 Å². The first-order valence-corrected chi connectivity index (χ1v) is 10.1. The zero-order chi connectivity index (χ0) is 23.6. The van der Waals surface area contributed by atoms with E-state index >= 15 is 0 Å². The van der Waals surface area contributed by atoms with Gasteiger partial charge in [0.25, 0.3) is 11.5 Å². The highest BCUT2D eigenvalue weighted by atomic mass is 16.5. The highest BCUT2D eigenvalue weighted by Gasteiger charge is 2.08. The molecule has 4 N–H and O–H groups in total. The van der Waals surface area contributed by atoms with Gasteiger partial charge in [-0.3, -0.25) is 14.6 Å². The maximum Gasteiger partial charge on any atom is 0.342 e. The van der Waals surface area contributed by atoms with Gasteiger partial charge >= 0.3 is 5.69 Å². The number of aromatic nitrogens is 3. The van der Waals surface area contributed by atoms with Crippen LogP contribution in [0.1, 0.15) is 23.6 Å². The summed E-state index contributed by atoms with van der Waals surface area (Å²) < 4.78 is 11.6. The Bertz CT molecular complexity index is 1230. The fourth-order valence-corrected chi connectivity index (χ4v) is 2.69. The number of rotatable bonds is 10. The fraction of sp³-hybridized carbons (Fsp3) is 0.227. The predicted octanol–water partition coefficient (Wildman–Crippen LogP) is 1.31. The summed E-state index contributed by atoms with van der Waals surface area (Å²) in [7, 11) is 0. The second-order valence-corrected chi connectivity index (χ2v) is 6.92. The molecule has 0 spiro atoms. The molecule has 0 aliphatic carbocycles. The molecule has 0 saturated carbocycles. The predicted molar refractivity (Wildman–Crippen MR) is 123 cm³/mol. The second-order valence-electron chi connectivity index (χ2n) is 6.92. The first-order valence-electron chi connectivity index (χ1n) is 10.1. The molecule has 0 aliphatic rings. The monoisotopic (exact) mass is 452 g/mol. The molecule has 1 amide bonds. The summed E-state index contributed by atoms with van der Waals surface area (Å²) in [5.74, 6) is 0.462. The van der Waals surface area contributed by atoms with Gasteiger partial charge in [-0.1, -0.05) is 29.8 Å². The topological polar surface area (TPSA) is 151 Å². The van der Waals surface area contributed by atoms with E-state index in [1.54, 1.807) is 18.2 Å². The Labute approximate surface area is 188 Å². The van der Waals surface area contributed by atoms with Gasteiger partial charge in [0.05, 0.1) is 19.4 Å². The number of aryl methyl sites for hydroxylation is 1. The van der Waals surface area contributed by atoms with E-state index in [0.29, 0.717) is 30.3 Å². The summed E-state index contributed by atoms with van der Waals surface area (Å²) in [6.45, 7) is 4.50. The molecule has 0 bridgehead atoms. The first kappa shape index (κ1) is 23.3. The van der Waals surface area contributed by atoms with Crippen molar-refractivity contribution >= 4 is 17.9 Å². The van der Waals surface area contributed by atoms with Gasteiger partial charge in [0.15, 0.2) is 11.5 Å². The van der Waals surface area contributed by atoms with Crippen LogP contribution in [0.5, 0.6) is 11.5 Å². The number of benzene rings is 2. The lowest BCUT2D eigenvalue weighted by atomic mass is 10.2. The Kier molecular flexibility index (Phi) is 7.95. The largest absolute Gasteiger partial charge is 0.490 e. The molecule has 0 radical (unpaired) electrons. The van der Waals surface area contributed by atoms with Crippen LogP contribution in [0.2, 0.25) is 0 Å². The Hall–Kier alpha value is -4.41. The number of hydrogen-bond donors (Lipinski definition) is 4. The molecule has 11 nitrogen and oxygen atoms in total. The zero-order valence-electron chi connectivity index (χ0n) is 18.2. The molecular formula is C22H24N6O5. The fourth-order valence-electron chi connectivity index (χ4n) is 2.69. The van der Waals surface area contributed by atoms with E-state index in [-0.39, 0.29) is 12.4 Å². The van der Waals surface area contributed by atoms with Crippen LogP contribution in [0, 0.1) is 6.92 Å². The number of anilines is 1. The van der Waals surface area contributed by atoms with Gasteiger partial charge in [-0.05, 0) is 43.2 Å². The summed E-state index contributed by atoms with van der Waals surface area (Å²) in [4.78, 5) is 36.4. The van der Waals surface area contributed by atoms with Crippen molar-refractivity contribution in [3.63, 3.8) is 0 Å². The number of hydrazone groups is 1. The van der Waals surface area contributed by atoms with Gasteiger partial charge in [-0.15, -0.1) is 5.10 Å². The van der Waals surface area contributed by atoms with Crippen molar-refractivity contribution < 1.29 is 14.3 Å². The van der Waals surface area contributed by atoms with E-state index in [0.717, 1.165) is 5.56 Å². The van der Waals surface area contributed by atoms with Crippen LogP contribution in [0.4, 0.5) is 5.82 Å². The van der Waals surface area contributed by atoms with E-state index < -0.39 is 17.2 Å². The maximum absolute atomic E-state index is 11.9. The van der Waals surface area contributed by atoms with Gasteiger partial charge < -0.3 is 14.8 Å². The number of carbonyl (C=O) groups is 1. The molecule has 0 fully saturated rings. The Balaban J connectivity index is 1.56. The highest BCUT2D eigenvalue weighted by Crippen LogP contribution is 2.29. The number of nitrogens with zero attached hydrogens (tertiary/aromatic N) is 2. The number of hydrogen-bond acceptors (Lipinski definition) is 8. The molecule has 172 valence electrons.